The van der Waals surface area contributed by atoms with Crippen molar-refractivity contribution in [3.63, 3.8) is 0 Å². The summed E-state index contributed by atoms with van der Waals surface area (Å²) in [6.45, 7) is 3.38. The van der Waals surface area contributed by atoms with Crippen LogP contribution >= 0.6 is 0 Å². The smallest absolute Gasteiger partial charge is 0.279 e. The highest BCUT2D eigenvalue weighted by molar-refractivity contribution is 7.87. The predicted octanol–water partition coefficient (Wildman–Crippen LogP) is 0.0737. The van der Waals surface area contributed by atoms with Gasteiger partial charge in [0.15, 0.2) is 0 Å². The third kappa shape index (κ3) is 3.92. The largest absolute Gasteiger partial charge is 0.380 e. The summed E-state index contributed by atoms with van der Waals surface area (Å²) in [5.74, 6) is 0.445. The number of rotatable bonds is 6. The number of piperidine rings is 1. The maximum absolute atomic E-state index is 12.4. The summed E-state index contributed by atoms with van der Waals surface area (Å²) in [4.78, 5) is 0. The summed E-state index contributed by atoms with van der Waals surface area (Å²) in [5, 5.41) is 3.51. The van der Waals surface area contributed by atoms with E-state index in [0.717, 1.165) is 25.8 Å². The van der Waals surface area contributed by atoms with Crippen molar-refractivity contribution in [2.45, 2.75) is 44.2 Å². The number of ether oxygens (including phenoxy) is 1. The molecule has 2 atom stereocenters. The molecule has 2 N–H and O–H groups in total. The molecule has 0 aromatic rings. The van der Waals surface area contributed by atoms with Crippen molar-refractivity contribution >= 4 is 10.2 Å². The highest BCUT2D eigenvalue weighted by atomic mass is 32.2. The lowest BCUT2D eigenvalue weighted by Gasteiger charge is -2.32. The second-order valence-electron chi connectivity index (χ2n) is 6.23. The number of nitrogens with zero attached hydrogens (tertiary/aromatic N) is 1. The highest BCUT2D eigenvalue weighted by Gasteiger charge is 2.32. The van der Waals surface area contributed by atoms with E-state index in [0.29, 0.717) is 38.3 Å². The van der Waals surface area contributed by atoms with Crippen molar-refractivity contribution in [2.24, 2.45) is 5.92 Å². The minimum Gasteiger partial charge on any atom is -0.380 e. The molecule has 1 aliphatic carbocycles. The summed E-state index contributed by atoms with van der Waals surface area (Å²) in [6.07, 6.45) is 5.41. The molecule has 0 amide bonds. The molecule has 7 heteroatoms. The summed E-state index contributed by atoms with van der Waals surface area (Å²) in [7, 11) is -3.35. The van der Waals surface area contributed by atoms with Crippen LogP contribution in [0.15, 0.2) is 0 Å². The standard InChI is InChI=1S/C13H25N3O3S/c17-20(18,15-13-5-7-19-10-13)16-6-1-2-11(9-16)8-14-12-3-4-12/h11-15H,1-10H2. The lowest BCUT2D eigenvalue weighted by molar-refractivity contribution is 0.191. The maximum Gasteiger partial charge on any atom is 0.279 e. The van der Waals surface area contributed by atoms with Gasteiger partial charge in [0.25, 0.3) is 10.2 Å². The number of hydrogen-bond donors (Lipinski definition) is 2. The van der Waals surface area contributed by atoms with Gasteiger partial charge >= 0.3 is 0 Å². The lowest BCUT2D eigenvalue weighted by Crippen LogP contribution is -2.50. The van der Waals surface area contributed by atoms with Gasteiger partial charge in [0.05, 0.1) is 6.61 Å². The molecule has 2 heterocycles. The van der Waals surface area contributed by atoms with Crippen LogP contribution in [0.1, 0.15) is 32.1 Å². The van der Waals surface area contributed by atoms with Crippen molar-refractivity contribution in [3.05, 3.63) is 0 Å². The van der Waals surface area contributed by atoms with E-state index in [2.05, 4.69) is 10.0 Å². The van der Waals surface area contributed by atoms with Crippen LogP contribution in [0, 0.1) is 5.92 Å². The fraction of sp³-hybridized carbons (Fsp3) is 1.00. The van der Waals surface area contributed by atoms with Gasteiger partial charge in [-0.2, -0.15) is 17.4 Å². The van der Waals surface area contributed by atoms with Crippen molar-refractivity contribution < 1.29 is 13.2 Å². The van der Waals surface area contributed by atoms with Crippen LogP contribution in [0.3, 0.4) is 0 Å². The van der Waals surface area contributed by atoms with Crippen LogP contribution in [0.5, 0.6) is 0 Å². The first-order valence-corrected chi connectivity index (χ1v) is 9.16. The van der Waals surface area contributed by atoms with Gasteiger partial charge in [-0.05, 0) is 44.6 Å². The average molecular weight is 303 g/mol. The molecule has 0 spiro atoms. The third-order valence-electron chi connectivity index (χ3n) is 4.34. The Hall–Kier alpha value is -0.210. The quantitative estimate of drug-likeness (QED) is 0.729. The summed E-state index contributed by atoms with van der Waals surface area (Å²) < 4.78 is 34.4. The van der Waals surface area contributed by atoms with Gasteiger partial charge in [-0.15, -0.1) is 0 Å². The zero-order chi connectivity index (χ0) is 14.0. The van der Waals surface area contributed by atoms with Gasteiger partial charge < -0.3 is 10.1 Å². The zero-order valence-electron chi connectivity index (χ0n) is 11.9. The Labute approximate surface area is 121 Å². The van der Waals surface area contributed by atoms with E-state index in [1.165, 1.54) is 12.8 Å². The van der Waals surface area contributed by atoms with Gasteiger partial charge in [0.2, 0.25) is 0 Å². The van der Waals surface area contributed by atoms with E-state index in [1.54, 1.807) is 4.31 Å². The maximum atomic E-state index is 12.4. The monoisotopic (exact) mass is 303 g/mol. The fourth-order valence-corrected chi connectivity index (χ4v) is 4.48. The van der Waals surface area contributed by atoms with Crippen molar-refractivity contribution in [3.8, 4) is 0 Å². The summed E-state index contributed by atoms with van der Waals surface area (Å²) in [6, 6.07) is 0.640. The van der Waals surface area contributed by atoms with Gasteiger partial charge in [-0.25, -0.2) is 0 Å². The Morgan fingerprint density at radius 3 is 2.70 bits per heavy atom. The Morgan fingerprint density at radius 1 is 1.15 bits per heavy atom. The van der Waals surface area contributed by atoms with E-state index < -0.39 is 10.2 Å². The van der Waals surface area contributed by atoms with Crippen LogP contribution in [0.25, 0.3) is 0 Å². The van der Waals surface area contributed by atoms with E-state index in [4.69, 9.17) is 4.74 Å². The summed E-state index contributed by atoms with van der Waals surface area (Å²) in [5.41, 5.74) is 0. The molecule has 0 aromatic heterocycles. The first-order valence-electron chi connectivity index (χ1n) is 7.72. The molecule has 3 aliphatic rings. The van der Waals surface area contributed by atoms with E-state index >= 15 is 0 Å². The molecule has 2 aliphatic heterocycles. The molecule has 6 nitrogen and oxygen atoms in total. The summed E-state index contributed by atoms with van der Waals surface area (Å²) >= 11 is 0. The average Bonchev–Trinajstić information content (AvgIpc) is 3.14. The van der Waals surface area contributed by atoms with Crippen molar-refractivity contribution in [1.29, 1.82) is 0 Å². The lowest BCUT2D eigenvalue weighted by atomic mass is 10.00. The Bertz CT molecular complexity index is 419. The molecule has 0 radical (unpaired) electrons. The van der Waals surface area contributed by atoms with Crippen LogP contribution in [-0.2, 0) is 14.9 Å². The van der Waals surface area contributed by atoms with Gasteiger partial charge in [-0.3, -0.25) is 0 Å². The van der Waals surface area contributed by atoms with Crippen LogP contribution in [0.2, 0.25) is 0 Å². The molecule has 2 saturated heterocycles. The minimum atomic E-state index is -3.35. The van der Waals surface area contributed by atoms with E-state index in [9.17, 15) is 8.42 Å². The highest BCUT2D eigenvalue weighted by Crippen LogP contribution is 2.22. The molecule has 3 rings (SSSR count). The molecule has 2 unspecified atom stereocenters. The minimum absolute atomic E-state index is 0.0510. The third-order valence-corrected chi connectivity index (χ3v) is 5.98. The topological polar surface area (TPSA) is 70.7 Å². The second kappa shape index (κ2) is 6.27. The number of nitrogens with one attached hydrogen (secondary N) is 2. The van der Waals surface area contributed by atoms with Gasteiger partial charge in [0.1, 0.15) is 0 Å². The molecular weight excluding hydrogens is 278 g/mol. The van der Waals surface area contributed by atoms with Crippen LogP contribution in [0.4, 0.5) is 0 Å². The molecule has 20 heavy (non-hydrogen) atoms. The molecular formula is C13H25N3O3S. The molecule has 1 saturated carbocycles. The first kappa shape index (κ1) is 14.7. The Balaban J connectivity index is 1.51. The van der Waals surface area contributed by atoms with Crippen LogP contribution in [-0.4, -0.2) is 57.7 Å². The van der Waals surface area contributed by atoms with Gasteiger partial charge in [-0.1, -0.05) is 0 Å². The first-order chi connectivity index (χ1) is 9.63. The molecule has 3 fully saturated rings. The fourth-order valence-electron chi connectivity index (χ4n) is 2.95. The molecule has 0 bridgehead atoms. The van der Waals surface area contributed by atoms with Crippen molar-refractivity contribution in [2.75, 3.05) is 32.8 Å². The van der Waals surface area contributed by atoms with Crippen molar-refractivity contribution in [1.82, 2.24) is 14.3 Å². The normalized spacial score (nSPS) is 32.6. The Morgan fingerprint density at radius 2 is 2.00 bits per heavy atom. The van der Waals surface area contributed by atoms with Gasteiger partial charge in [0, 0.05) is 31.8 Å². The predicted molar refractivity (Wildman–Crippen MR) is 76.6 cm³/mol. The number of hydrogen-bond acceptors (Lipinski definition) is 4. The van der Waals surface area contributed by atoms with E-state index in [-0.39, 0.29) is 6.04 Å². The molecule has 116 valence electrons. The zero-order valence-corrected chi connectivity index (χ0v) is 12.7. The SMILES string of the molecule is O=S(=O)(NC1CCOC1)N1CCCC(CNC2CC2)C1. The Kier molecular flexibility index (Phi) is 4.62. The van der Waals surface area contributed by atoms with E-state index in [1.807, 2.05) is 0 Å². The van der Waals surface area contributed by atoms with Crippen LogP contribution < -0.4 is 10.0 Å². The second-order valence-corrected chi connectivity index (χ2v) is 7.93. The molecule has 0 aromatic carbocycles.